The molecule has 3 aromatic heterocycles. The number of methoxy groups -OCH3 is 1. The molecule has 3 atom stereocenters. The van der Waals surface area contributed by atoms with Gasteiger partial charge in [0, 0.05) is 31.3 Å². The monoisotopic (exact) mass is 580 g/mol. The Morgan fingerprint density at radius 2 is 1.90 bits per heavy atom. The van der Waals surface area contributed by atoms with Crippen LogP contribution in [0.1, 0.15) is 22.3 Å². The summed E-state index contributed by atoms with van der Waals surface area (Å²) in [6, 6.07) is 2.00. The number of anilines is 1. The van der Waals surface area contributed by atoms with E-state index in [4.69, 9.17) is 10.5 Å². The Kier molecular flexibility index (Phi) is 6.28. The molecule has 1 unspecified atom stereocenters. The number of alkyl halides is 5. The zero-order valence-electron chi connectivity index (χ0n) is 21.7. The van der Waals surface area contributed by atoms with Gasteiger partial charge in [-0.15, -0.1) is 0 Å². The molecule has 3 aliphatic rings. The van der Waals surface area contributed by atoms with Gasteiger partial charge in [-0.3, -0.25) is 14.5 Å². The van der Waals surface area contributed by atoms with Crippen LogP contribution in [0.15, 0.2) is 24.7 Å². The van der Waals surface area contributed by atoms with Crippen LogP contribution in [0.2, 0.25) is 0 Å². The lowest BCUT2D eigenvalue weighted by Crippen LogP contribution is -2.55. The minimum Gasteiger partial charge on any atom is -0.480 e. The van der Waals surface area contributed by atoms with Crippen LogP contribution in [0.5, 0.6) is 5.88 Å². The Labute approximate surface area is 229 Å². The second-order valence-corrected chi connectivity index (χ2v) is 10.6. The van der Waals surface area contributed by atoms with Gasteiger partial charge in [-0.25, -0.2) is 36.4 Å². The van der Waals surface area contributed by atoms with Crippen LogP contribution < -0.4 is 15.8 Å². The number of nitrogen functional groups attached to an aromatic ring is 1. The number of hydrogen-bond donors (Lipinski definition) is 2. The second-order valence-electron chi connectivity index (χ2n) is 10.6. The number of aromatic nitrogens is 4. The van der Waals surface area contributed by atoms with Crippen molar-refractivity contribution < 1.29 is 36.3 Å². The third-order valence-corrected chi connectivity index (χ3v) is 7.55. The van der Waals surface area contributed by atoms with E-state index in [0.29, 0.717) is 22.3 Å². The predicted octanol–water partition coefficient (Wildman–Crippen LogP) is 1.77. The number of fused-ring (bicyclic) bond motifs is 1. The van der Waals surface area contributed by atoms with E-state index >= 15 is 0 Å². The fraction of sp³-hybridized carbons (Fsp3) is 0.480. The summed E-state index contributed by atoms with van der Waals surface area (Å²) in [5.41, 5.74) is 7.86. The first-order valence-electron chi connectivity index (χ1n) is 12.7. The van der Waals surface area contributed by atoms with Gasteiger partial charge in [-0.2, -0.15) is 5.10 Å². The molecule has 3 aromatic rings. The Bertz CT molecular complexity index is 1540. The largest absolute Gasteiger partial charge is 0.480 e. The number of likely N-dealkylation sites (tertiary alicyclic amines) is 2. The minimum absolute atomic E-state index is 0.0587. The fourth-order valence-electron chi connectivity index (χ4n) is 5.38. The van der Waals surface area contributed by atoms with E-state index < -0.39 is 67.8 Å². The number of carbonyl (C=O) groups excluding carboxylic acids is 2. The highest BCUT2D eigenvalue weighted by Crippen LogP contribution is 2.49. The van der Waals surface area contributed by atoms with Crippen LogP contribution in [0.4, 0.5) is 27.8 Å². The van der Waals surface area contributed by atoms with Crippen LogP contribution in [0.25, 0.3) is 16.8 Å². The van der Waals surface area contributed by atoms with Crippen molar-refractivity contribution in [1.82, 2.24) is 34.7 Å². The third-order valence-electron chi connectivity index (χ3n) is 7.55. The number of halogens is 5. The molecule has 0 aromatic carbocycles. The molecule has 41 heavy (non-hydrogen) atoms. The molecule has 5 heterocycles. The average molecular weight is 581 g/mol. The van der Waals surface area contributed by atoms with Crippen molar-refractivity contribution in [3.8, 4) is 17.1 Å². The number of pyridine rings is 1. The van der Waals surface area contributed by atoms with Crippen molar-refractivity contribution in [3.05, 3.63) is 35.8 Å². The Balaban J connectivity index is 1.26. The summed E-state index contributed by atoms with van der Waals surface area (Å²) in [4.78, 5) is 36.3. The van der Waals surface area contributed by atoms with Gasteiger partial charge in [0.25, 0.3) is 17.8 Å². The molecule has 2 aliphatic heterocycles. The van der Waals surface area contributed by atoms with Gasteiger partial charge in [-0.1, -0.05) is 0 Å². The van der Waals surface area contributed by atoms with Gasteiger partial charge < -0.3 is 20.7 Å². The van der Waals surface area contributed by atoms with Gasteiger partial charge in [0.1, 0.15) is 29.5 Å². The number of nitrogens with two attached hydrogens (primary N) is 1. The molecule has 6 rings (SSSR count). The molecule has 11 nitrogen and oxygen atoms in total. The molecule has 16 heteroatoms. The van der Waals surface area contributed by atoms with Crippen molar-refractivity contribution in [2.24, 2.45) is 5.92 Å². The van der Waals surface area contributed by atoms with E-state index in [1.54, 1.807) is 11.0 Å². The molecular weight excluding hydrogens is 555 g/mol. The molecule has 0 bridgehead atoms. The lowest BCUT2D eigenvalue weighted by Gasteiger charge is -2.38. The lowest BCUT2D eigenvalue weighted by atomic mass is 10.1. The molecule has 0 spiro atoms. The van der Waals surface area contributed by atoms with E-state index in [2.05, 4.69) is 20.4 Å². The van der Waals surface area contributed by atoms with Crippen LogP contribution in [0, 0.1) is 5.92 Å². The molecule has 0 radical (unpaired) electrons. The normalized spacial score (nSPS) is 24.7. The van der Waals surface area contributed by atoms with Crippen molar-refractivity contribution in [2.75, 3.05) is 39.0 Å². The molecular formula is C25H25F5N8O3. The molecule has 218 valence electrons. The molecule has 3 N–H and O–H groups in total. The number of nitrogens with zero attached hydrogens (tertiary/aromatic N) is 6. The number of nitrogens with one attached hydrogen (secondary N) is 1. The summed E-state index contributed by atoms with van der Waals surface area (Å²) < 4.78 is 75.0. The fourth-order valence-corrected chi connectivity index (χ4v) is 5.38. The quantitative estimate of drug-likeness (QED) is 0.405. The van der Waals surface area contributed by atoms with Crippen molar-refractivity contribution in [3.63, 3.8) is 0 Å². The second kappa shape index (κ2) is 9.49. The number of carbonyl (C=O) groups is 2. The highest BCUT2D eigenvalue weighted by Gasteiger charge is 2.63. The molecule has 1 saturated carbocycles. The van der Waals surface area contributed by atoms with Gasteiger partial charge in [0.05, 0.1) is 38.5 Å². The van der Waals surface area contributed by atoms with Gasteiger partial charge in [0.2, 0.25) is 11.8 Å². The van der Waals surface area contributed by atoms with Crippen molar-refractivity contribution in [2.45, 2.75) is 37.0 Å². The maximum absolute atomic E-state index is 14.8. The molecule has 3 fully saturated rings. The smallest absolute Gasteiger partial charge is 0.272 e. The first kappa shape index (κ1) is 27.1. The standard InChI is InChI=1S/C25H25F5N8O3/c1-41-22-14(21(39)35-17-8-37(7-16(17)26)23(40)15-4-25(15,29)30)2-12(5-32-22)18-3-13(6-36-9-24(27,28)10-36)19-20(31)33-11-34-38(18)19/h2-3,5,11,15-17H,4,6-10H2,1H3,(H,35,39)(H2,31,33,34)/t15?,16-,17+/m0/s1. The van der Waals surface area contributed by atoms with E-state index in [1.807, 2.05) is 0 Å². The minimum atomic E-state index is -3.08. The van der Waals surface area contributed by atoms with E-state index in [9.17, 15) is 31.5 Å². The summed E-state index contributed by atoms with van der Waals surface area (Å²) in [5.74, 6) is -8.82. The van der Waals surface area contributed by atoms with Crippen LogP contribution in [-0.4, -0.2) is 98.5 Å². The van der Waals surface area contributed by atoms with E-state index in [0.717, 1.165) is 4.90 Å². The lowest BCUT2D eigenvalue weighted by molar-refractivity contribution is -0.134. The molecule has 1 aliphatic carbocycles. The van der Waals surface area contributed by atoms with Gasteiger partial charge in [0.15, 0.2) is 5.82 Å². The Hall–Kier alpha value is -4.08. The van der Waals surface area contributed by atoms with Crippen molar-refractivity contribution in [1.29, 1.82) is 0 Å². The van der Waals surface area contributed by atoms with Crippen molar-refractivity contribution >= 4 is 23.1 Å². The maximum atomic E-state index is 14.8. The number of ether oxygens (including phenoxy) is 1. The summed E-state index contributed by atoms with van der Waals surface area (Å²) in [5, 5.41) is 6.76. The number of amides is 2. The highest BCUT2D eigenvalue weighted by atomic mass is 19.3. The van der Waals surface area contributed by atoms with Crippen LogP contribution >= 0.6 is 0 Å². The Morgan fingerprint density at radius 3 is 2.56 bits per heavy atom. The first-order chi connectivity index (χ1) is 19.4. The summed E-state index contributed by atoms with van der Waals surface area (Å²) in [6.45, 7) is -1.30. The topological polar surface area (TPSA) is 131 Å². The number of rotatable bonds is 7. The van der Waals surface area contributed by atoms with E-state index in [1.165, 1.54) is 30.2 Å². The van der Waals surface area contributed by atoms with Crippen LogP contribution in [-0.2, 0) is 11.3 Å². The zero-order chi connectivity index (χ0) is 29.3. The maximum Gasteiger partial charge on any atom is 0.272 e. The summed E-state index contributed by atoms with van der Waals surface area (Å²) in [7, 11) is 1.30. The van der Waals surface area contributed by atoms with Gasteiger partial charge >= 0.3 is 0 Å². The summed E-state index contributed by atoms with van der Waals surface area (Å²) in [6.07, 6.45) is 0.414. The SMILES string of the molecule is COc1ncc(-c2cc(CN3CC(F)(F)C3)c3c(N)ncnn23)cc1C(=O)N[C@@H]1CN(C(=O)C2CC2(F)F)C[C@@H]1F. The first-order valence-corrected chi connectivity index (χ1v) is 12.7. The highest BCUT2D eigenvalue weighted by molar-refractivity contribution is 5.98. The van der Waals surface area contributed by atoms with E-state index in [-0.39, 0.29) is 30.4 Å². The molecule has 2 saturated heterocycles. The summed E-state index contributed by atoms with van der Waals surface area (Å²) >= 11 is 0. The van der Waals surface area contributed by atoms with Crippen LogP contribution in [0.3, 0.4) is 0 Å². The Morgan fingerprint density at radius 1 is 1.17 bits per heavy atom. The number of hydrogen-bond acceptors (Lipinski definition) is 8. The average Bonchev–Trinajstić information content (AvgIpc) is 3.19. The zero-order valence-corrected chi connectivity index (χ0v) is 21.7. The third kappa shape index (κ3) is 4.89. The molecule has 2 amide bonds. The van der Waals surface area contributed by atoms with Gasteiger partial charge in [-0.05, 0) is 17.7 Å². The predicted molar refractivity (Wildman–Crippen MR) is 133 cm³/mol.